The highest BCUT2D eigenvalue weighted by molar-refractivity contribution is 5.88. The molecule has 1 aromatic rings. The third-order valence-corrected chi connectivity index (χ3v) is 3.13. The van der Waals surface area contributed by atoms with Crippen molar-refractivity contribution in [2.24, 2.45) is 5.92 Å². The van der Waals surface area contributed by atoms with Gasteiger partial charge in [-0.3, -0.25) is 4.79 Å². The number of rotatable bonds is 6. The standard InChI is InChI=1S/C15H21NO3/c1-4-12(15(18)19)16-14(17)13(10(2)3)11-8-6-5-7-9-11/h5-10,12-13H,4H2,1-3H3,(H,16,17)(H,18,19). The van der Waals surface area contributed by atoms with Crippen LogP contribution in [0, 0.1) is 5.92 Å². The Bertz CT molecular complexity index is 428. The second-order valence-electron chi connectivity index (χ2n) is 4.94. The molecule has 2 N–H and O–H groups in total. The van der Waals surface area contributed by atoms with Crippen molar-refractivity contribution in [1.82, 2.24) is 5.32 Å². The van der Waals surface area contributed by atoms with Gasteiger partial charge in [0.25, 0.3) is 0 Å². The van der Waals surface area contributed by atoms with Crippen LogP contribution in [-0.2, 0) is 9.59 Å². The minimum Gasteiger partial charge on any atom is -0.480 e. The van der Waals surface area contributed by atoms with Crippen LogP contribution in [0.3, 0.4) is 0 Å². The van der Waals surface area contributed by atoms with E-state index in [9.17, 15) is 9.59 Å². The Balaban J connectivity index is 2.89. The lowest BCUT2D eigenvalue weighted by Crippen LogP contribution is -2.43. The highest BCUT2D eigenvalue weighted by Crippen LogP contribution is 2.24. The van der Waals surface area contributed by atoms with Crippen LogP contribution in [0.2, 0.25) is 0 Å². The highest BCUT2D eigenvalue weighted by Gasteiger charge is 2.27. The minimum atomic E-state index is -0.994. The predicted molar refractivity (Wildman–Crippen MR) is 73.9 cm³/mol. The maximum absolute atomic E-state index is 12.3. The van der Waals surface area contributed by atoms with E-state index < -0.39 is 12.0 Å². The fourth-order valence-electron chi connectivity index (χ4n) is 2.10. The molecule has 0 saturated heterocycles. The number of benzene rings is 1. The van der Waals surface area contributed by atoms with Gasteiger partial charge in [-0.2, -0.15) is 0 Å². The fourth-order valence-corrected chi connectivity index (χ4v) is 2.10. The molecule has 0 heterocycles. The zero-order chi connectivity index (χ0) is 14.4. The van der Waals surface area contributed by atoms with Gasteiger partial charge >= 0.3 is 5.97 Å². The summed E-state index contributed by atoms with van der Waals surface area (Å²) in [6, 6.07) is 8.62. The van der Waals surface area contributed by atoms with Gasteiger partial charge in [0, 0.05) is 0 Å². The first-order valence-electron chi connectivity index (χ1n) is 6.55. The largest absolute Gasteiger partial charge is 0.480 e. The summed E-state index contributed by atoms with van der Waals surface area (Å²) in [4.78, 5) is 23.3. The van der Waals surface area contributed by atoms with Crippen LogP contribution in [-0.4, -0.2) is 23.0 Å². The third kappa shape index (κ3) is 4.09. The van der Waals surface area contributed by atoms with Crippen molar-refractivity contribution in [3.05, 3.63) is 35.9 Å². The molecule has 0 aliphatic carbocycles. The summed E-state index contributed by atoms with van der Waals surface area (Å²) >= 11 is 0. The average molecular weight is 263 g/mol. The molecule has 4 nitrogen and oxygen atoms in total. The van der Waals surface area contributed by atoms with E-state index in [1.807, 2.05) is 44.2 Å². The lowest BCUT2D eigenvalue weighted by atomic mass is 9.87. The molecule has 0 saturated carbocycles. The number of carbonyl (C=O) groups is 2. The zero-order valence-electron chi connectivity index (χ0n) is 11.6. The Kier molecular flexibility index (Phi) is 5.55. The van der Waals surface area contributed by atoms with Crippen LogP contribution in [0.4, 0.5) is 0 Å². The molecule has 0 spiro atoms. The second-order valence-corrected chi connectivity index (χ2v) is 4.94. The Hall–Kier alpha value is -1.84. The Labute approximate surface area is 113 Å². The van der Waals surface area contributed by atoms with Crippen molar-refractivity contribution in [2.45, 2.75) is 39.2 Å². The first-order chi connectivity index (χ1) is 8.97. The number of carboxylic acids is 1. The van der Waals surface area contributed by atoms with E-state index >= 15 is 0 Å². The molecule has 0 bridgehead atoms. The average Bonchev–Trinajstić information content (AvgIpc) is 2.36. The van der Waals surface area contributed by atoms with Crippen LogP contribution in [0.5, 0.6) is 0 Å². The van der Waals surface area contributed by atoms with Gasteiger partial charge in [0.1, 0.15) is 6.04 Å². The lowest BCUT2D eigenvalue weighted by molar-refractivity contribution is -0.142. The van der Waals surface area contributed by atoms with Crippen molar-refractivity contribution in [3.8, 4) is 0 Å². The fraction of sp³-hybridized carbons (Fsp3) is 0.467. The molecule has 1 rings (SSSR count). The molecular formula is C15H21NO3. The molecule has 0 fully saturated rings. The molecule has 0 aliphatic heterocycles. The first kappa shape index (κ1) is 15.2. The summed E-state index contributed by atoms with van der Waals surface area (Å²) in [6.45, 7) is 5.66. The number of amides is 1. The van der Waals surface area contributed by atoms with Crippen LogP contribution in [0.25, 0.3) is 0 Å². The molecule has 19 heavy (non-hydrogen) atoms. The minimum absolute atomic E-state index is 0.105. The van der Waals surface area contributed by atoms with Gasteiger partial charge in [-0.25, -0.2) is 4.79 Å². The molecule has 1 amide bonds. The van der Waals surface area contributed by atoms with Gasteiger partial charge in [0.2, 0.25) is 5.91 Å². The molecular weight excluding hydrogens is 242 g/mol. The van der Waals surface area contributed by atoms with Crippen molar-refractivity contribution in [3.63, 3.8) is 0 Å². The van der Waals surface area contributed by atoms with Gasteiger partial charge in [-0.05, 0) is 17.9 Å². The van der Waals surface area contributed by atoms with Crippen molar-refractivity contribution >= 4 is 11.9 Å². The van der Waals surface area contributed by atoms with Crippen molar-refractivity contribution in [2.75, 3.05) is 0 Å². The van der Waals surface area contributed by atoms with E-state index in [4.69, 9.17) is 5.11 Å². The number of nitrogens with one attached hydrogen (secondary N) is 1. The number of aliphatic carboxylic acids is 1. The topological polar surface area (TPSA) is 66.4 Å². The van der Waals surface area contributed by atoms with E-state index in [1.54, 1.807) is 6.92 Å². The quantitative estimate of drug-likeness (QED) is 0.828. The monoisotopic (exact) mass is 263 g/mol. The molecule has 2 unspecified atom stereocenters. The number of carbonyl (C=O) groups excluding carboxylic acids is 1. The SMILES string of the molecule is CCC(NC(=O)C(c1ccccc1)C(C)C)C(=O)O. The zero-order valence-corrected chi connectivity index (χ0v) is 11.6. The van der Waals surface area contributed by atoms with Crippen LogP contribution >= 0.6 is 0 Å². The third-order valence-electron chi connectivity index (χ3n) is 3.13. The van der Waals surface area contributed by atoms with E-state index in [2.05, 4.69) is 5.32 Å². The molecule has 4 heteroatoms. The number of carboxylic acid groups (broad SMARTS) is 1. The van der Waals surface area contributed by atoms with Gasteiger partial charge in [-0.1, -0.05) is 51.1 Å². The smallest absolute Gasteiger partial charge is 0.326 e. The summed E-state index contributed by atoms with van der Waals surface area (Å²) < 4.78 is 0. The van der Waals surface area contributed by atoms with Crippen LogP contribution in [0.15, 0.2) is 30.3 Å². The van der Waals surface area contributed by atoms with E-state index in [0.717, 1.165) is 5.56 Å². The van der Waals surface area contributed by atoms with E-state index in [0.29, 0.717) is 6.42 Å². The molecule has 0 aliphatic rings. The van der Waals surface area contributed by atoms with Crippen LogP contribution < -0.4 is 5.32 Å². The van der Waals surface area contributed by atoms with Gasteiger partial charge in [-0.15, -0.1) is 0 Å². The Morgan fingerprint density at radius 2 is 1.79 bits per heavy atom. The van der Waals surface area contributed by atoms with Gasteiger partial charge in [0.15, 0.2) is 0 Å². The summed E-state index contributed by atoms with van der Waals surface area (Å²) in [5.74, 6) is -1.44. The Morgan fingerprint density at radius 3 is 2.21 bits per heavy atom. The first-order valence-corrected chi connectivity index (χ1v) is 6.55. The van der Waals surface area contributed by atoms with Gasteiger partial charge < -0.3 is 10.4 Å². The van der Waals surface area contributed by atoms with E-state index in [-0.39, 0.29) is 17.7 Å². The Morgan fingerprint density at radius 1 is 1.21 bits per heavy atom. The second kappa shape index (κ2) is 6.92. The van der Waals surface area contributed by atoms with Gasteiger partial charge in [0.05, 0.1) is 5.92 Å². The molecule has 0 aromatic heterocycles. The normalized spacial score (nSPS) is 13.9. The molecule has 0 radical (unpaired) electrons. The molecule has 1 aromatic carbocycles. The highest BCUT2D eigenvalue weighted by atomic mass is 16.4. The van der Waals surface area contributed by atoms with Crippen molar-refractivity contribution < 1.29 is 14.7 Å². The summed E-state index contributed by atoms with van der Waals surface area (Å²) in [5, 5.41) is 11.6. The van der Waals surface area contributed by atoms with Crippen molar-refractivity contribution in [1.29, 1.82) is 0 Å². The van der Waals surface area contributed by atoms with E-state index in [1.165, 1.54) is 0 Å². The number of hydrogen-bond donors (Lipinski definition) is 2. The summed E-state index contributed by atoms with van der Waals surface area (Å²) in [7, 11) is 0. The maximum Gasteiger partial charge on any atom is 0.326 e. The predicted octanol–water partition coefficient (Wildman–Crippen LogP) is 2.41. The number of hydrogen-bond acceptors (Lipinski definition) is 2. The summed E-state index contributed by atoms with van der Waals surface area (Å²) in [6.07, 6.45) is 0.376. The molecule has 2 atom stereocenters. The van der Waals surface area contributed by atoms with Crippen LogP contribution in [0.1, 0.15) is 38.7 Å². The lowest BCUT2D eigenvalue weighted by Gasteiger charge is -2.23. The summed E-state index contributed by atoms with van der Waals surface area (Å²) in [5.41, 5.74) is 0.912. The maximum atomic E-state index is 12.3. The molecule has 104 valence electrons.